The number of nitrogen functional groups attached to an aromatic ring is 1. The second-order valence-electron chi connectivity index (χ2n) is 3.93. The molecule has 6 nitrogen and oxygen atoms in total. The van der Waals surface area contributed by atoms with Crippen LogP contribution in [0.1, 0.15) is 10.4 Å². The van der Waals surface area contributed by atoms with Gasteiger partial charge in [-0.2, -0.15) is 0 Å². The van der Waals surface area contributed by atoms with E-state index in [9.17, 15) is 4.79 Å². The van der Waals surface area contributed by atoms with Crippen molar-refractivity contribution < 1.29 is 14.6 Å². The van der Waals surface area contributed by atoms with Crippen LogP contribution in [0.3, 0.4) is 0 Å². The first kappa shape index (κ1) is 14.1. The largest absolute Gasteiger partial charge is 0.497 e. The van der Waals surface area contributed by atoms with Crippen molar-refractivity contribution in [3.8, 4) is 5.75 Å². The average molecular weight is 338 g/mol. The first-order chi connectivity index (χ1) is 9.51. The Labute approximate surface area is 123 Å². The summed E-state index contributed by atoms with van der Waals surface area (Å²) in [7, 11) is 1.56. The summed E-state index contributed by atoms with van der Waals surface area (Å²) >= 11 is 3.36. The topological polar surface area (TPSA) is 97.5 Å². The van der Waals surface area contributed by atoms with Crippen molar-refractivity contribution in [2.45, 2.75) is 0 Å². The van der Waals surface area contributed by atoms with Gasteiger partial charge in [-0.15, -0.1) is 0 Å². The molecule has 1 aromatic heterocycles. The van der Waals surface area contributed by atoms with Crippen LogP contribution in [0, 0.1) is 0 Å². The van der Waals surface area contributed by atoms with Crippen LogP contribution in [-0.4, -0.2) is 23.2 Å². The van der Waals surface area contributed by atoms with Crippen molar-refractivity contribution in [2.75, 3.05) is 18.2 Å². The van der Waals surface area contributed by atoms with E-state index in [0.29, 0.717) is 11.4 Å². The molecule has 20 heavy (non-hydrogen) atoms. The second kappa shape index (κ2) is 5.79. The van der Waals surface area contributed by atoms with Gasteiger partial charge in [0.1, 0.15) is 5.75 Å². The fourth-order valence-corrected chi connectivity index (χ4v) is 2.12. The fourth-order valence-electron chi connectivity index (χ4n) is 1.65. The molecule has 0 saturated heterocycles. The van der Waals surface area contributed by atoms with Gasteiger partial charge in [0.25, 0.3) is 0 Å². The van der Waals surface area contributed by atoms with E-state index in [2.05, 4.69) is 26.2 Å². The third kappa shape index (κ3) is 3.00. The number of nitrogens with two attached hydrogens (primary N) is 1. The molecular formula is C13H12BrN3O3. The summed E-state index contributed by atoms with van der Waals surface area (Å²) in [5, 5.41) is 12.0. The SMILES string of the molecule is COc1cc(Br)cc(Nc2nccc(C(=O)O)c2N)c1. The minimum atomic E-state index is -1.10. The maximum atomic E-state index is 11.0. The Morgan fingerprint density at radius 1 is 1.45 bits per heavy atom. The van der Waals surface area contributed by atoms with Gasteiger partial charge in [-0.25, -0.2) is 9.78 Å². The van der Waals surface area contributed by atoms with Gasteiger partial charge in [-0.05, 0) is 18.2 Å². The number of aromatic nitrogens is 1. The van der Waals surface area contributed by atoms with E-state index in [-0.39, 0.29) is 17.1 Å². The van der Waals surface area contributed by atoms with Gasteiger partial charge in [0.05, 0.1) is 18.4 Å². The molecule has 0 atom stereocenters. The predicted octanol–water partition coefficient (Wildman–Crippen LogP) is 2.88. The second-order valence-corrected chi connectivity index (χ2v) is 4.85. The summed E-state index contributed by atoms with van der Waals surface area (Å²) in [6, 6.07) is 6.70. The maximum absolute atomic E-state index is 11.0. The van der Waals surface area contributed by atoms with E-state index in [4.69, 9.17) is 15.6 Å². The average Bonchev–Trinajstić information content (AvgIpc) is 2.40. The number of nitrogens with one attached hydrogen (secondary N) is 1. The smallest absolute Gasteiger partial charge is 0.337 e. The summed E-state index contributed by atoms with van der Waals surface area (Å²) in [4.78, 5) is 15.1. The monoisotopic (exact) mass is 337 g/mol. The number of aromatic carboxylic acids is 1. The standard InChI is InChI=1S/C13H12BrN3O3/c1-20-9-5-7(14)4-8(6-9)17-12-11(15)10(13(18)19)2-3-16-12/h2-6H,15H2,1H3,(H,16,17)(H,18,19). The molecular weight excluding hydrogens is 326 g/mol. The van der Waals surface area contributed by atoms with Crippen LogP contribution < -0.4 is 15.8 Å². The molecule has 1 aromatic carbocycles. The Morgan fingerprint density at radius 2 is 2.20 bits per heavy atom. The molecule has 2 rings (SSSR count). The number of carbonyl (C=O) groups is 1. The van der Waals surface area contributed by atoms with Gasteiger partial charge < -0.3 is 20.9 Å². The summed E-state index contributed by atoms with van der Waals surface area (Å²) in [5.74, 6) is -0.167. The van der Waals surface area contributed by atoms with Gasteiger partial charge in [-0.3, -0.25) is 0 Å². The van der Waals surface area contributed by atoms with Crippen LogP contribution in [-0.2, 0) is 0 Å². The molecule has 0 spiro atoms. The van der Waals surface area contributed by atoms with Crippen LogP contribution in [0.4, 0.5) is 17.2 Å². The Kier molecular flexibility index (Phi) is 4.09. The molecule has 0 aliphatic rings. The van der Waals surface area contributed by atoms with Gasteiger partial charge in [0, 0.05) is 22.4 Å². The number of methoxy groups -OCH3 is 1. The van der Waals surface area contributed by atoms with Crippen LogP contribution >= 0.6 is 15.9 Å². The Balaban J connectivity index is 2.37. The number of rotatable bonds is 4. The molecule has 0 amide bonds. The number of carboxylic acids is 1. The highest BCUT2D eigenvalue weighted by Gasteiger charge is 2.12. The number of hydrogen-bond donors (Lipinski definition) is 3. The van der Waals surface area contributed by atoms with Crippen molar-refractivity contribution in [2.24, 2.45) is 0 Å². The number of benzene rings is 1. The number of anilines is 3. The van der Waals surface area contributed by atoms with E-state index >= 15 is 0 Å². The van der Waals surface area contributed by atoms with Crippen LogP contribution in [0.15, 0.2) is 34.9 Å². The summed E-state index contributed by atoms with van der Waals surface area (Å²) in [6.07, 6.45) is 1.39. The highest BCUT2D eigenvalue weighted by atomic mass is 79.9. The van der Waals surface area contributed by atoms with E-state index in [0.717, 1.165) is 4.47 Å². The van der Waals surface area contributed by atoms with Crippen LogP contribution in [0.25, 0.3) is 0 Å². The Hall–Kier alpha value is -2.28. The lowest BCUT2D eigenvalue weighted by Crippen LogP contribution is -2.07. The number of nitrogens with zero attached hydrogens (tertiary/aromatic N) is 1. The molecule has 0 saturated carbocycles. The lowest BCUT2D eigenvalue weighted by Gasteiger charge is -2.11. The third-order valence-corrected chi connectivity index (χ3v) is 3.05. The first-order valence-corrected chi connectivity index (χ1v) is 6.40. The van der Waals surface area contributed by atoms with Crippen molar-refractivity contribution in [1.29, 1.82) is 0 Å². The molecule has 1 heterocycles. The van der Waals surface area contributed by atoms with Crippen LogP contribution in [0.5, 0.6) is 5.75 Å². The van der Waals surface area contributed by atoms with Crippen molar-refractivity contribution in [3.63, 3.8) is 0 Å². The number of ether oxygens (including phenoxy) is 1. The third-order valence-electron chi connectivity index (χ3n) is 2.59. The van der Waals surface area contributed by atoms with Gasteiger partial charge in [0.2, 0.25) is 0 Å². The summed E-state index contributed by atoms with van der Waals surface area (Å²) in [5.41, 5.74) is 6.56. The summed E-state index contributed by atoms with van der Waals surface area (Å²) in [6.45, 7) is 0. The summed E-state index contributed by atoms with van der Waals surface area (Å²) < 4.78 is 5.96. The Bertz CT molecular complexity index is 661. The lowest BCUT2D eigenvalue weighted by atomic mass is 10.2. The van der Waals surface area contributed by atoms with E-state index < -0.39 is 5.97 Å². The van der Waals surface area contributed by atoms with Crippen molar-refractivity contribution in [1.82, 2.24) is 4.98 Å². The zero-order chi connectivity index (χ0) is 14.7. The highest BCUT2D eigenvalue weighted by Crippen LogP contribution is 2.29. The predicted molar refractivity (Wildman–Crippen MR) is 79.6 cm³/mol. The van der Waals surface area contributed by atoms with Gasteiger partial charge >= 0.3 is 5.97 Å². The minimum Gasteiger partial charge on any atom is -0.497 e. The molecule has 0 aliphatic heterocycles. The molecule has 0 bridgehead atoms. The fraction of sp³-hybridized carbons (Fsp3) is 0.0769. The number of pyridine rings is 1. The normalized spacial score (nSPS) is 10.1. The molecule has 104 valence electrons. The van der Waals surface area contributed by atoms with E-state index in [1.165, 1.54) is 12.3 Å². The zero-order valence-corrected chi connectivity index (χ0v) is 12.1. The maximum Gasteiger partial charge on any atom is 0.337 e. The molecule has 0 radical (unpaired) electrons. The van der Waals surface area contributed by atoms with Crippen molar-refractivity contribution in [3.05, 3.63) is 40.5 Å². The lowest BCUT2D eigenvalue weighted by molar-refractivity contribution is 0.0698. The number of hydrogen-bond acceptors (Lipinski definition) is 5. The van der Waals surface area contributed by atoms with E-state index in [1.54, 1.807) is 25.3 Å². The molecule has 0 unspecified atom stereocenters. The highest BCUT2D eigenvalue weighted by molar-refractivity contribution is 9.10. The number of carboxylic acid groups (broad SMARTS) is 1. The molecule has 0 aliphatic carbocycles. The quantitative estimate of drug-likeness (QED) is 0.793. The van der Waals surface area contributed by atoms with Crippen molar-refractivity contribution >= 4 is 39.1 Å². The first-order valence-electron chi connectivity index (χ1n) is 5.60. The van der Waals surface area contributed by atoms with E-state index in [1.807, 2.05) is 0 Å². The number of halogens is 1. The van der Waals surface area contributed by atoms with Crippen LogP contribution in [0.2, 0.25) is 0 Å². The minimum absolute atomic E-state index is 0.00413. The molecule has 7 heteroatoms. The zero-order valence-electron chi connectivity index (χ0n) is 10.6. The van der Waals surface area contributed by atoms with Gasteiger partial charge in [-0.1, -0.05) is 15.9 Å². The molecule has 2 aromatic rings. The Morgan fingerprint density at radius 3 is 2.85 bits per heavy atom. The molecule has 4 N–H and O–H groups in total. The van der Waals surface area contributed by atoms with Gasteiger partial charge in [0.15, 0.2) is 5.82 Å². The molecule has 0 fully saturated rings.